The summed E-state index contributed by atoms with van der Waals surface area (Å²) in [5.41, 5.74) is 3.09. The lowest BCUT2D eigenvalue weighted by atomic mass is 10.3. The highest BCUT2D eigenvalue weighted by Gasteiger charge is 2.15. The SMILES string of the molecule is COc1ccc2nc(-n3nc(C)cc3Nc3ncnc4nc[nH]c34)sc2c1. The summed E-state index contributed by atoms with van der Waals surface area (Å²) in [6.07, 6.45) is 3.07. The van der Waals surface area contributed by atoms with E-state index in [1.807, 2.05) is 31.2 Å². The Balaban J connectivity index is 1.59. The minimum Gasteiger partial charge on any atom is -0.497 e. The number of hydrogen-bond acceptors (Lipinski definition) is 8. The van der Waals surface area contributed by atoms with Crippen LogP contribution in [0.25, 0.3) is 26.5 Å². The van der Waals surface area contributed by atoms with E-state index >= 15 is 0 Å². The number of nitrogens with one attached hydrogen (secondary N) is 2. The molecule has 0 bridgehead atoms. The zero-order valence-electron chi connectivity index (χ0n) is 14.5. The first-order valence-corrected chi connectivity index (χ1v) is 8.95. The molecule has 0 atom stereocenters. The van der Waals surface area contributed by atoms with Crippen LogP contribution in [0.1, 0.15) is 5.69 Å². The summed E-state index contributed by atoms with van der Waals surface area (Å²) >= 11 is 1.54. The van der Waals surface area contributed by atoms with Crippen molar-refractivity contribution in [1.29, 1.82) is 0 Å². The number of nitrogens with zero attached hydrogens (tertiary/aromatic N) is 6. The van der Waals surface area contributed by atoms with Crippen LogP contribution in [0.2, 0.25) is 0 Å². The van der Waals surface area contributed by atoms with Gasteiger partial charge < -0.3 is 15.0 Å². The van der Waals surface area contributed by atoms with E-state index in [2.05, 4.69) is 30.4 Å². The fraction of sp³-hybridized carbons (Fsp3) is 0.118. The van der Waals surface area contributed by atoms with E-state index in [0.29, 0.717) is 11.5 Å². The van der Waals surface area contributed by atoms with Gasteiger partial charge in [0.1, 0.15) is 23.4 Å². The number of aromatic amines is 1. The van der Waals surface area contributed by atoms with Crippen molar-refractivity contribution in [3.63, 3.8) is 0 Å². The van der Waals surface area contributed by atoms with E-state index in [4.69, 9.17) is 9.72 Å². The average molecular weight is 378 g/mol. The molecule has 0 spiro atoms. The van der Waals surface area contributed by atoms with Crippen molar-refractivity contribution in [3.8, 4) is 10.9 Å². The summed E-state index contributed by atoms with van der Waals surface area (Å²) in [7, 11) is 1.65. The van der Waals surface area contributed by atoms with Crippen LogP contribution in [0.3, 0.4) is 0 Å². The molecule has 0 unspecified atom stereocenters. The van der Waals surface area contributed by atoms with E-state index in [-0.39, 0.29) is 0 Å². The van der Waals surface area contributed by atoms with Crippen LogP contribution in [-0.2, 0) is 0 Å². The van der Waals surface area contributed by atoms with E-state index in [1.165, 1.54) is 17.7 Å². The minimum absolute atomic E-state index is 0.599. The summed E-state index contributed by atoms with van der Waals surface area (Å²) in [6, 6.07) is 7.75. The van der Waals surface area contributed by atoms with Crippen molar-refractivity contribution < 1.29 is 4.74 Å². The molecule has 0 saturated carbocycles. The van der Waals surface area contributed by atoms with Gasteiger partial charge >= 0.3 is 0 Å². The van der Waals surface area contributed by atoms with Gasteiger partial charge in [0.2, 0.25) is 5.13 Å². The molecule has 0 aliphatic rings. The number of fused-ring (bicyclic) bond motifs is 2. The Labute approximate surface area is 157 Å². The number of thiazole rings is 1. The Morgan fingerprint density at radius 1 is 1.19 bits per heavy atom. The van der Waals surface area contributed by atoms with Crippen molar-refractivity contribution >= 4 is 44.4 Å². The lowest BCUT2D eigenvalue weighted by Crippen LogP contribution is -2.04. The molecule has 27 heavy (non-hydrogen) atoms. The highest BCUT2D eigenvalue weighted by Crippen LogP contribution is 2.31. The van der Waals surface area contributed by atoms with Gasteiger partial charge in [0.05, 0.1) is 29.3 Å². The van der Waals surface area contributed by atoms with Gasteiger partial charge in [-0.15, -0.1) is 0 Å². The van der Waals surface area contributed by atoms with Gasteiger partial charge in [0.15, 0.2) is 11.5 Å². The molecule has 4 aromatic heterocycles. The Hall–Kier alpha value is -3.53. The summed E-state index contributed by atoms with van der Waals surface area (Å²) < 4.78 is 8.10. The monoisotopic (exact) mass is 378 g/mol. The van der Waals surface area contributed by atoms with Gasteiger partial charge in [-0.3, -0.25) is 0 Å². The molecule has 0 aliphatic heterocycles. The largest absolute Gasteiger partial charge is 0.497 e. The number of benzene rings is 1. The number of methoxy groups -OCH3 is 1. The van der Waals surface area contributed by atoms with Gasteiger partial charge in [-0.2, -0.15) is 9.78 Å². The second-order valence-electron chi connectivity index (χ2n) is 5.86. The van der Waals surface area contributed by atoms with E-state index in [0.717, 1.165) is 38.1 Å². The number of hydrogen-bond donors (Lipinski definition) is 2. The van der Waals surface area contributed by atoms with Gasteiger partial charge in [-0.25, -0.2) is 19.9 Å². The molecule has 1 aromatic carbocycles. The molecule has 5 rings (SSSR count). The number of aromatic nitrogens is 7. The molecule has 0 saturated heterocycles. The van der Waals surface area contributed by atoms with E-state index in [9.17, 15) is 0 Å². The number of rotatable bonds is 4. The molecule has 4 heterocycles. The molecular formula is C17H14N8OS. The highest BCUT2D eigenvalue weighted by molar-refractivity contribution is 7.20. The third-order valence-corrected chi connectivity index (χ3v) is 5.06. The Morgan fingerprint density at radius 3 is 3.00 bits per heavy atom. The molecule has 0 fully saturated rings. The first kappa shape index (κ1) is 15.7. The zero-order chi connectivity index (χ0) is 18.4. The second-order valence-corrected chi connectivity index (χ2v) is 6.87. The maximum Gasteiger partial charge on any atom is 0.213 e. The maximum absolute atomic E-state index is 5.30. The quantitative estimate of drug-likeness (QED) is 0.494. The number of ether oxygens (including phenoxy) is 1. The van der Waals surface area contributed by atoms with Crippen LogP contribution in [0, 0.1) is 6.92 Å². The molecule has 0 radical (unpaired) electrons. The maximum atomic E-state index is 5.30. The van der Waals surface area contributed by atoms with Gasteiger partial charge in [0.25, 0.3) is 0 Å². The fourth-order valence-corrected chi connectivity index (χ4v) is 3.79. The molecule has 0 aliphatic carbocycles. The van der Waals surface area contributed by atoms with Crippen molar-refractivity contribution in [2.24, 2.45) is 0 Å². The first-order chi connectivity index (χ1) is 13.2. The minimum atomic E-state index is 0.599. The van der Waals surface area contributed by atoms with Crippen molar-refractivity contribution in [1.82, 2.24) is 34.7 Å². The average Bonchev–Trinajstić information content (AvgIpc) is 3.38. The lowest BCUT2D eigenvalue weighted by Gasteiger charge is -2.06. The van der Waals surface area contributed by atoms with E-state index < -0.39 is 0 Å². The van der Waals surface area contributed by atoms with Crippen molar-refractivity contribution in [2.75, 3.05) is 12.4 Å². The molecule has 0 amide bonds. The third kappa shape index (κ3) is 2.66. The standard InChI is InChI=1S/C17H14N8OS/c1-9-5-13(23-16-14-15(19-7-18-14)20-8-21-16)25(24-9)17-22-11-4-3-10(26-2)6-12(11)27-17/h3-8H,1-2H3,(H2,18,19,20,21,23). The van der Waals surface area contributed by atoms with Crippen LogP contribution in [-0.4, -0.2) is 41.8 Å². The predicted octanol–water partition coefficient (Wildman–Crippen LogP) is 3.21. The molecule has 9 nitrogen and oxygen atoms in total. The number of anilines is 2. The normalized spacial score (nSPS) is 11.3. The molecule has 134 valence electrons. The summed E-state index contributed by atoms with van der Waals surface area (Å²) in [5, 5.41) is 8.65. The molecule has 2 N–H and O–H groups in total. The highest BCUT2D eigenvalue weighted by atomic mass is 32.1. The van der Waals surface area contributed by atoms with Crippen LogP contribution < -0.4 is 10.1 Å². The topological polar surface area (TPSA) is 106 Å². The Morgan fingerprint density at radius 2 is 2.11 bits per heavy atom. The van der Waals surface area contributed by atoms with Gasteiger partial charge in [-0.1, -0.05) is 11.3 Å². The smallest absolute Gasteiger partial charge is 0.213 e. The van der Waals surface area contributed by atoms with Gasteiger partial charge in [-0.05, 0) is 25.1 Å². The second kappa shape index (κ2) is 6.02. The number of imidazole rings is 1. The number of H-pyrrole nitrogens is 1. The number of aryl methyl sites for hydroxylation is 1. The zero-order valence-corrected chi connectivity index (χ0v) is 15.3. The van der Waals surface area contributed by atoms with E-state index in [1.54, 1.807) is 18.1 Å². The predicted molar refractivity (Wildman–Crippen MR) is 103 cm³/mol. The Kier molecular flexibility index (Phi) is 3.50. The molecule has 10 heteroatoms. The first-order valence-electron chi connectivity index (χ1n) is 8.14. The molecule has 5 aromatic rings. The van der Waals surface area contributed by atoms with Crippen LogP contribution >= 0.6 is 11.3 Å². The van der Waals surface area contributed by atoms with Crippen LogP contribution in [0.15, 0.2) is 36.9 Å². The van der Waals surface area contributed by atoms with Gasteiger partial charge in [0, 0.05) is 6.07 Å². The molecular weight excluding hydrogens is 364 g/mol. The van der Waals surface area contributed by atoms with Crippen molar-refractivity contribution in [3.05, 3.63) is 42.6 Å². The fourth-order valence-electron chi connectivity index (χ4n) is 2.83. The summed E-state index contributed by atoms with van der Waals surface area (Å²) in [4.78, 5) is 20.4. The summed E-state index contributed by atoms with van der Waals surface area (Å²) in [5.74, 6) is 2.19. The van der Waals surface area contributed by atoms with Crippen LogP contribution in [0.4, 0.5) is 11.6 Å². The van der Waals surface area contributed by atoms with Crippen molar-refractivity contribution in [2.45, 2.75) is 6.92 Å². The Bertz CT molecular complexity index is 1270. The lowest BCUT2D eigenvalue weighted by molar-refractivity contribution is 0.415. The van der Waals surface area contributed by atoms with Crippen LogP contribution in [0.5, 0.6) is 5.75 Å². The summed E-state index contributed by atoms with van der Waals surface area (Å²) in [6.45, 7) is 1.93. The third-order valence-electron chi connectivity index (χ3n) is 4.07.